The van der Waals surface area contributed by atoms with Crippen molar-refractivity contribution in [3.63, 3.8) is 0 Å². The Morgan fingerprint density at radius 3 is 2.48 bits per heavy atom. The Hall–Kier alpha value is -2.80. The van der Waals surface area contributed by atoms with E-state index in [9.17, 15) is 0 Å². The molecule has 0 bridgehead atoms. The van der Waals surface area contributed by atoms with E-state index in [4.69, 9.17) is 0 Å². The Labute approximate surface area is 160 Å². The number of anilines is 3. The molecule has 0 saturated heterocycles. The van der Waals surface area contributed by atoms with E-state index in [0.29, 0.717) is 11.9 Å². The second kappa shape index (κ2) is 8.26. The maximum Gasteiger partial charge on any atom is 0.231 e. The van der Waals surface area contributed by atoms with Crippen molar-refractivity contribution in [2.45, 2.75) is 27.2 Å². The number of fused-ring (bicyclic) bond motifs is 1. The summed E-state index contributed by atoms with van der Waals surface area (Å²) in [7, 11) is 4.15. The first kappa shape index (κ1) is 19.0. The largest absolute Gasteiger partial charge is 0.370 e. The van der Waals surface area contributed by atoms with E-state index in [2.05, 4.69) is 68.6 Å². The third-order valence-electron chi connectivity index (χ3n) is 4.21. The quantitative estimate of drug-likeness (QED) is 0.621. The fraction of sp³-hybridized carbons (Fsp3) is 0.400. The first-order chi connectivity index (χ1) is 12.9. The molecule has 1 aromatic carbocycles. The Bertz CT molecular complexity index is 937. The second-order valence-corrected chi connectivity index (χ2v) is 7.08. The molecule has 3 rings (SSSR count). The van der Waals surface area contributed by atoms with E-state index in [0.717, 1.165) is 47.6 Å². The van der Waals surface area contributed by atoms with Crippen LogP contribution in [0, 0.1) is 20.8 Å². The van der Waals surface area contributed by atoms with Gasteiger partial charge < -0.3 is 10.2 Å². The van der Waals surface area contributed by atoms with Gasteiger partial charge in [0.05, 0.1) is 11.2 Å². The SMILES string of the molecule is Cc1ccc2nc(Nc3nc(C)cc(NCCCN(C)C)n3)nc(C)c2c1. The van der Waals surface area contributed by atoms with Crippen molar-refractivity contribution in [1.29, 1.82) is 0 Å². The lowest BCUT2D eigenvalue weighted by atomic mass is 10.1. The molecule has 0 aliphatic rings. The number of hydrogen-bond acceptors (Lipinski definition) is 7. The molecule has 7 heteroatoms. The molecule has 0 aliphatic heterocycles. The van der Waals surface area contributed by atoms with Crippen LogP contribution in [0.2, 0.25) is 0 Å². The van der Waals surface area contributed by atoms with Gasteiger partial charge in [0.15, 0.2) is 0 Å². The van der Waals surface area contributed by atoms with Crippen LogP contribution in [0.5, 0.6) is 0 Å². The smallest absolute Gasteiger partial charge is 0.231 e. The zero-order chi connectivity index (χ0) is 19.4. The average molecular weight is 365 g/mol. The summed E-state index contributed by atoms with van der Waals surface area (Å²) in [6.45, 7) is 7.90. The van der Waals surface area contributed by atoms with Crippen molar-refractivity contribution in [1.82, 2.24) is 24.8 Å². The van der Waals surface area contributed by atoms with Gasteiger partial charge in [0.1, 0.15) is 5.82 Å². The van der Waals surface area contributed by atoms with Crippen LogP contribution in [-0.2, 0) is 0 Å². The highest BCUT2D eigenvalue weighted by Crippen LogP contribution is 2.20. The molecule has 27 heavy (non-hydrogen) atoms. The number of aromatic nitrogens is 4. The summed E-state index contributed by atoms with van der Waals surface area (Å²) in [6.07, 6.45) is 1.05. The molecule has 2 N–H and O–H groups in total. The van der Waals surface area contributed by atoms with E-state index in [1.165, 1.54) is 5.56 Å². The van der Waals surface area contributed by atoms with E-state index in [1.54, 1.807) is 0 Å². The van der Waals surface area contributed by atoms with Crippen molar-refractivity contribution < 1.29 is 0 Å². The van der Waals surface area contributed by atoms with Gasteiger partial charge >= 0.3 is 0 Å². The Kier molecular flexibility index (Phi) is 5.81. The summed E-state index contributed by atoms with van der Waals surface area (Å²) >= 11 is 0. The minimum atomic E-state index is 0.496. The van der Waals surface area contributed by atoms with Gasteiger partial charge in [-0.1, -0.05) is 11.6 Å². The van der Waals surface area contributed by atoms with Gasteiger partial charge in [-0.15, -0.1) is 0 Å². The molecule has 7 nitrogen and oxygen atoms in total. The molecule has 0 aliphatic carbocycles. The fourth-order valence-electron chi connectivity index (χ4n) is 2.88. The van der Waals surface area contributed by atoms with Crippen LogP contribution in [0.1, 0.15) is 23.4 Å². The predicted molar refractivity (Wildman–Crippen MR) is 111 cm³/mol. The summed E-state index contributed by atoms with van der Waals surface area (Å²) in [6, 6.07) is 8.11. The maximum absolute atomic E-state index is 4.60. The van der Waals surface area contributed by atoms with Crippen LogP contribution in [0.15, 0.2) is 24.3 Å². The lowest BCUT2D eigenvalue weighted by Gasteiger charge is -2.12. The van der Waals surface area contributed by atoms with E-state index < -0.39 is 0 Å². The standard InChI is InChI=1S/C20H27N7/c1-13-7-8-17-16(11-13)15(3)23-20(24-17)26-19-22-14(2)12-18(25-19)21-9-6-10-27(4)5/h7-8,11-12H,6,9-10H2,1-5H3,(H2,21,22,23,24,25,26). The zero-order valence-electron chi connectivity index (χ0n) is 16.7. The molecule has 142 valence electrons. The predicted octanol–water partition coefficient (Wildman–Crippen LogP) is 3.45. The zero-order valence-corrected chi connectivity index (χ0v) is 16.7. The summed E-state index contributed by atoms with van der Waals surface area (Å²) in [5.74, 6) is 1.81. The van der Waals surface area contributed by atoms with Gasteiger partial charge in [0.2, 0.25) is 11.9 Å². The van der Waals surface area contributed by atoms with Crippen LogP contribution < -0.4 is 10.6 Å². The highest BCUT2D eigenvalue weighted by molar-refractivity contribution is 5.82. The van der Waals surface area contributed by atoms with Crippen LogP contribution in [0.25, 0.3) is 10.9 Å². The molecule has 0 saturated carbocycles. The summed E-state index contributed by atoms with van der Waals surface area (Å²) < 4.78 is 0. The molecule has 0 radical (unpaired) electrons. The monoisotopic (exact) mass is 365 g/mol. The molecule has 2 heterocycles. The summed E-state index contributed by atoms with van der Waals surface area (Å²) in [5.41, 5.74) is 3.92. The van der Waals surface area contributed by atoms with Gasteiger partial charge in [0, 0.05) is 23.7 Å². The molecule has 0 atom stereocenters. The van der Waals surface area contributed by atoms with Crippen molar-refractivity contribution in [2.75, 3.05) is 37.8 Å². The van der Waals surface area contributed by atoms with Crippen molar-refractivity contribution in [3.05, 3.63) is 41.2 Å². The molecular weight excluding hydrogens is 338 g/mol. The van der Waals surface area contributed by atoms with Crippen LogP contribution >= 0.6 is 0 Å². The van der Waals surface area contributed by atoms with Gasteiger partial charge in [-0.2, -0.15) is 4.98 Å². The normalized spacial score (nSPS) is 11.2. The van der Waals surface area contributed by atoms with Crippen LogP contribution in [-0.4, -0.2) is 52.0 Å². The van der Waals surface area contributed by atoms with Gasteiger partial charge in [-0.05, 0) is 60.0 Å². The number of aryl methyl sites for hydroxylation is 3. The van der Waals surface area contributed by atoms with Crippen molar-refractivity contribution in [3.8, 4) is 0 Å². The molecule has 3 aromatic rings. The molecule has 0 fully saturated rings. The Morgan fingerprint density at radius 1 is 0.926 bits per heavy atom. The van der Waals surface area contributed by atoms with Crippen molar-refractivity contribution in [2.24, 2.45) is 0 Å². The maximum atomic E-state index is 4.60. The third kappa shape index (κ3) is 5.10. The minimum absolute atomic E-state index is 0.496. The summed E-state index contributed by atoms with van der Waals surface area (Å²) in [4.78, 5) is 20.3. The number of nitrogens with zero attached hydrogens (tertiary/aromatic N) is 5. The first-order valence-electron chi connectivity index (χ1n) is 9.17. The number of nitrogens with one attached hydrogen (secondary N) is 2. The number of hydrogen-bond donors (Lipinski definition) is 2. The molecule has 0 unspecified atom stereocenters. The molecule has 0 spiro atoms. The lowest BCUT2D eigenvalue weighted by Crippen LogP contribution is -2.17. The van der Waals surface area contributed by atoms with Gasteiger partial charge in [-0.25, -0.2) is 15.0 Å². The molecular formula is C20H27N7. The van der Waals surface area contributed by atoms with Crippen LogP contribution in [0.3, 0.4) is 0 Å². The molecule has 0 amide bonds. The first-order valence-corrected chi connectivity index (χ1v) is 9.17. The average Bonchev–Trinajstić information content (AvgIpc) is 2.59. The minimum Gasteiger partial charge on any atom is -0.370 e. The Balaban J connectivity index is 1.77. The van der Waals surface area contributed by atoms with Gasteiger partial charge in [0.25, 0.3) is 0 Å². The number of benzene rings is 1. The highest BCUT2D eigenvalue weighted by atomic mass is 15.2. The van der Waals surface area contributed by atoms with E-state index in [-0.39, 0.29) is 0 Å². The number of rotatable bonds is 7. The Morgan fingerprint density at radius 2 is 1.70 bits per heavy atom. The molecule has 2 aromatic heterocycles. The second-order valence-electron chi connectivity index (χ2n) is 7.08. The van der Waals surface area contributed by atoms with Crippen molar-refractivity contribution >= 4 is 28.6 Å². The van der Waals surface area contributed by atoms with E-state index in [1.807, 2.05) is 26.0 Å². The van der Waals surface area contributed by atoms with E-state index >= 15 is 0 Å². The topological polar surface area (TPSA) is 78.9 Å². The van der Waals surface area contributed by atoms with Gasteiger partial charge in [-0.3, -0.25) is 5.32 Å². The lowest BCUT2D eigenvalue weighted by molar-refractivity contribution is 0.405. The summed E-state index contributed by atoms with van der Waals surface area (Å²) in [5, 5.41) is 7.57. The fourth-order valence-corrected chi connectivity index (χ4v) is 2.88. The van der Waals surface area contributed by atoms with Crippen LogP contribution in [0.4, 0.5) is 17.7 Å². The highest BCUT2D eigenvalue weighted by Gasteiger charge is 2.08. The third-order valence-corrected chi connectivity index (χ3v) is 4.21.